The van der Waals surface area contributed by atoms with E-state index in [-0.39, 0.29) is 0 Å². The molecule has 4 aromatic heterocycles. The molecule has 7 aromatic rings. The maximum atomic E-state index is 10.1. The first-order valence-electron chi connectivity index (χ1n) is 13.8. The van der Waals surface area contributed by atoms with Crippen LogP contribution in [0.2, 0.25) is 0 Å². The lowest BCUT2D eigenvalue weighted by Crippen LogP contribution is -2.14. The maximum absolute atomic E-state index is 10.1. The van der Waals surface area contributed by atoms with Gasteiger partial charge in [0.05, 0.1) is 29.2 Å². The zero-order valence-electron chi connectivity index (χ0n) is 24.1. The largest absolute Gasteiger partial charge is 0.300 e. The summed E-state index contributed by atoms with van der Waals surface area (Å²) >= 11 is 0. The molecule has 7 rings (SSSR count). The molecule has 3 aromatic carbocycles. The normalized spacial score (nSPS) is 11.4. The lowest BCUT2D eigenvalue weighted by Gasteiger charge is -2.24. The Labute approximate surface area is 243 Å². The molecular formula is C35H27N7. The van der Waals surface area contributed by atoms with E-state index >= 15 is 0 Å². The predicted octanol–water partition coefficient (Wildman–Crippen LogP) is 8.04. The minimum atomic E-state index is 0.634. The average Bonchev–Trinajstić information content (AvgIpc) is 3.62. The average molecular weight is 546 g/mol. The third-order valence-corrected chi connectivity index (χ3v) is 8.25. The highest BCUT2D eigenvalue weighted by Gasteiger charge is 2.25. The van der Waals surface area contributed by atoms with Crippen LogP contribution in [0.15, 0.2) is 73.1 Å². The third-order valence-electron chi connectivity index (χ3n) is 8.25. The van der Waals surface area contributed by atoms with E-state index < -0.39 is 0 Å². The Hall–Kier alpha value is -5.66. The number of hydrogen-bond donors (Lipinski definition) is 0. The Morgan fingerprint density at radius 2 is 1.02 bits per heavy atom. The number of aromatic nitrogens is 4. The quantitative estimate of drug-likeness (QED) is 0.224. The molecule has 0 atom stereocenters. The first kappa shape index (κ1) is 25.3. The lowest BCUT2D eigenvalue weighted by atomic mass is 10.0. The second-order valence-corrected chi connectivity index (χ2v) is 10.9. The number of rotatable bonds is 3. The van der Waals surface area contributed by atoms with E-state index in [1.165, 1.54) is 5.56 Å². The van der Waals surface area contributed by atoms with E-state index in [1.807, 2.05) is 83.6 Å². The lowest BCUT2D eigenvalue weighted by molar-refractivity contribution is 1.09. The first-order chi connectivity index (χ1) is 20.3. The monoisotopic (exact) mass is 545 g/mol. The molecule has 0 saturated carbocycles. The second-order valence-electron chi connectivity index (χ2n) is 10.9. The standard InChI is InChI=1S/C35H27N7/c1-20-14-21(2)33(22(3)15-20)42(31-18-40-23(4)29(16-36)25-10-6-8-12-27(25)34(40)38-31)32-19-41-24(5)30(17-37)26-11-7-9-13-28(26)35(41)39-32/h6-15,18-19H,1-5H3. The Morgan fingerprint density at radius 3 is 1.43 bits per heavy atom. The summed E-state index contributed by atoms with van der Waals surface area (Å²) in [5.74, 6) is 1.39. The molecule has 0 fully saturated rings. The third kappa shape index (κ3) is 3.51. The van der Waals surface area contributed by atoms with Crippen LogP contribution in [0.25, 0.3) is 32.8 Å². The van der Waals surface area contributed by atoms with Gasteiger partial charge in [0.2, 0.25) is 0 Å². The number of benzene rings is 3. The molecule has 202 valence electrons. The van der Waals surface area contributed by atoms with E-state index in [0.717, 1.165) is 61.0 Å². The van der Waals surface area contributed by atoms with E-state index in [4.69, 9.17) is 9.97 Å². The van der Waals surface area contributed by atoms with Crippen LogP contribution in [0.4, 0.5) is 17.3 Å². The van der Waals surface area contributed by atoms with Gasteiger partial charge in [0.1, 0.15) is 23.4 Å². The zero-order chi connectivity index (χ0) is 29.3. The number of imidazole rings is 2. The highest BCUT2D eigenvalue weighted by molar-refractivity contribution is 6.00. The van der Waals surface area contributed by atoms with Crippen molar-refractivity contribution in [1.82, 2.24) is 18.8 Å². The molecule has 0 aliphatic rings. The van der Waals surface area contributed by atoms with Crippen molar-refractivity contribution in [3.8, 4) is 12.1 Å². The molecule has 42 heavy (non-hydrogen) atoms. The van der Waals surface area contributed by atoms with Gasteiger partial charge in [-0.15, -0.1) is 0 Å². The number of nitrogens with zero attached hydrogens (tertiary/aromatic N) is 7. The van der Waals surface area contributed by atoms with E-state index in [9.17, 15) is 10.5 Å². The summed E-state index contributed by atoms with van der Waals surface area (Å²) in [6, 6.07) is 25.0. The van der Waals surface area contributed by atoms with Crippen molar-refractivity contribution in [3.63, 3.8) is 0 Å². The Kier molecular flexibility index (Phi) is 5.54. The number of nitriles is 2. The van der Waals surface area contributed by atoms with Gasteiger partial charge in [0.25, 0.3) is 0 Å². The summed E-state index contributed by atoms with van der Waals surface area (Å²) in [6.45, 7) is 10.2. The van der Waals surface area contributed by atoms with Gasteiger partial charge in [-0.05, 0) is 45.7 Å². The molecule has 0 aliphatic heterocycles. The summed E-state index contributed by atoms with van der Waals surface area (Å²) in [5, 5.41) is 23.7. The van der Waals surface area contributed by atoms with Crippen molar-refractivity contribution in [1.29, 1.82) is 10.5 Å². The molecular weight excluding hydrogens is 518 g/mol. The van der Waals surface area contributed by atoms with Crippen LogP contribution in [-0.4, -0.2) is 18.8 Å². The molecule has 0 amide bonds. The fraction of sp³-hybridized carbons (Fsp3) is 0.143. The highest BCUT2D eigenvalue weighted by Crippen LogP contribution is 2.40. The number of hydrogen-bond acceptors (Lipinski definition) is 5. The van der Waals surface area contributed by atoms with Crippen molar-refractivity contribution in [3.05, 3.63) is 112 Å². The first-order valence-corrected chi connectivity index (χ1v) is 13.8. The van der Waals surface area contributed by atoms with Crippen molar-refractivity contribution in [2.45, 2.75) is 34.6 Å². The van der Waals surface area contributed by atoms with Crippen LogP contribution in [0.3, 0.4) is 0 Å². The van der Waals surface area contributed by atoms with Crippen LogP contribution in [0, 0.1) is 57.3 Å². The second kappa shape index (κ2) is 9.19. The van der Waals surface area contributed by atoms with Gasteiger partial charge in [-0.1, -0.05) is 66.2 Å². The van der Waals surface area contributed by atoms with Crippen LogP contribution in [0.5, 0.6) is 0 Å². The molecule has 0 radical (unpaired) electrons. The highest BCUT2D eigenvalue weighted by atomic mass is 15.3. The molecule has 7 heteroatoms. The fourth-order valence-electron chi connectivity index (χ4n) is 6.42. The molecule has 0 saturated heterocycles. The van der Waals surface area contributed by atoms with Gasteiger partial charge in [0.15, 0.2) is 11.6 Å². The van der Waals surface area contributed by atoms with Gasteiger partial charge in [-0.2, -0.15) is 10.5 Å². The SMILES string of the molecule is Cc1cc(C)c(N(c2cn3c(C)c(C#N)c4ccccc4c3n2)c2cn3c(C)c(C#N)c4ccccc4c3n2)c(C)c1. The van der Waals surface area contributed by atoms with Crippen LogP contribution < -0.4 is 4.90 Å². The van der Waals surface area contributed by atoms with Gasteiger partial charge in [0, 0.05) is 32.9 Å². The van der Waals surface area contributed by atoms with Gasteiger partial charge < -0.3 is 8.80 Å². The number of aryl methyl sites for hydroxylation is 5. The van der Waals surface area contributed by atoms with Crippen molar-refractivity contribution in [2.75, 3.05) is 4.90 Å². The summed E-state index contributed by atoms with van der Waals surface area (Å²) in [4.78, 5) is 12.5. The molecule has 0 aliphatic carbocycles. The van der Waals surface area contributed by atoms with Crippen molar-refractivity contribution in [2.24, 2.45) is 0 Å². The maximum Gasteiger partial charge on any atom is 0.158 e. The molecule has 7 nitrogen and oxygen atoms in total. The van der Waals surface area contributed by atoms with Crippen molar-refractivity contribution >= 4 is 50.2 Å². The summed E-state index contributed by atoms with van der Waals surface area (Å²) in [6.07, 6.45) is 3.98. The predicted molar refractivity (Wildman–Crippen MR) is 167 cm³/mol. The smallest absolute Gasteiger partial charge is 0.158 e. The number of fused-ring (bicyclic) bond motifs is 6. The molecule has 4 heterocycles. The van der Waals surface area contributed by atoms with Gasteiger partial charge in [-0.25, -0.2) is 9.97 Å². The van der Waals surface area contributed by atoms with Gasteiger partial charge in [-0.3, -0.25) is 4.90 Å². The van der Waals surface area contributed by atoms with Crippen LogP contribution >= 0.6 is 0 Å². The Morgan fingerprint density at radius 1 is 0.619 bits per heavy atom. The van der Waals surface area contributed by atoms with E-state index in [0.29, 0.717) is 22.8 Å². The molecule has 0 unspecified atom stereocenters. The molecule has 0 bridgehead atoms. The summed E-state index contributed by atoms with van der Waals surface area (Å²) < 4.78 is 4.01. The fourth-order valence-corrected chi connectivity index (χ4v) is 6.42. The molecule has 0 N–H and O–H groups in total. The topological polar surface area (TPSA) is 85.4 Å². The van der Waals surface area contributed by atoms with E-state index in [1.54, 1.807) is 0 Å². The van der Waals surface area contributed by atoms with Gasteiger partial charge >= 0.3 is 0 Å². The Bertz CT molecular complexity index is 2180. The zero-order valence-corrected chi connectivity index (χ0v) is 24.1. The van der Waals surface area contributed by atoms with Crippen LogP contribution in [-0.2, 0) is 0 Å². The van der Waals surface area contributed by atoms with Crippen LogP contribution in [0.1, 0.15) is 39.2 Å². The summed E-state index contributed by atoms with van der Waals surface area (Å²) in [7, 11) is 0. The number of pyridine rings is 2. The minimum absolute atomic E-state index is 0.634. The number of anilines is 3. The molecule has 0 spiro atoms. The Balaban J connectivity index is 1.59. The van der Waals surface area contributed by atoms with Crippen molar-refractivity contribution < 1.29 is 0 Å². The minimum Gasteiger partial charge on any atom is -0.300 e. The van der Waals surface area contributed by atoms with E-state index in [2.05, 4.69) is 49.9 Å². The summed E-state index contributed by atoms with van der Waals surface area (Å²) in [5.41, 5.74) is 8.86.